The van der Waals surface area contributed by atoms with Gasteiger partial charge in [-0.15, -0.1) is 0 Å². The number of aliphatic hydroxyl groups is 1. The summed E-state index contributed by atoms with van der Waals surface area (Å²) in [5.41, 5.74) is 11.7. The van der Waals surface area contributed by atoms with Crippen molar-refractivity contribution < 1.29 is 9.90 Å². The summed E-state index contributed by atoms with van der Waals surface area (Å²) < 4.78 is 0. The normalized spacial score (nSPS) is 21.8. The molecular weight excluding hydrogens is 436 g/mol. The van der Waals surface area contributed by atoms with Crippen LogP contribution in [0.15, 0.2) is 53.5 Å². The molecule has 0 saturated carbocycles. The predicted octanol–water partition coefficient (Wildman–Crippen LogP) is 4.31. The Labute approximate surface area is 207 Å². The number of ketones is 1. The minimum atomic E-state index is 0.0589. The molecule has 2 aliphatic rings. The number of benzene rings is 2. The highest BCUT2D eigenvalue weighted by Crippen LogP contribution is 2.40. The van der Waals surface area contributed by atoms with Gasteiger partial charge in [0.05, 0.1) is 17.3 Å². The molecule has 0 radical (unpaired) electrons. The number of hydrogen-bond acceptors (Lipinski definition) is 6. The third-order valence-corrected chi connectivity index (χ3v) is 7.05. The number of Topliss-reactive ketones (excluding diaryl/α,β-unsaturated/α-hetero) is 1. The number of rotatable bonds is 5. The number of likely N-dealkylation sites (tertiary alicyclic amines) is 1. The van der Waals surface area contributed by atoms with Crippen molar-refractivity contribution in [1.82, 2.24) is 4.90 Å². The summed E-state index contributed by atoms with van der Waals surface area (Å²) in [6, 6.07) is 18.2. The molecule has 0 spiro atoms. The zero-order valence-electron chi connectivity index (χ0n) is 20.4. The molecule has 6 nitrogen and oxygen atoms in total. The molecule has 2 aliphatic heterocycles. The van der Waals surface area contributed by atoms with Crippen LogP contribution in [0.3, 0.4) is 0 Å². The van der Waals surface area contributed by atoms with Crippen molar-refractivity contribution in [3.8, 4) is 6.07 Å². The van der Waals surface area contributed by atoms with Crippen LogP contribution in [0.1, 0.15) is 60.8 Å². The van der Waals surface area contributed by atoms with Gasteiger partial charge in [-0.05, 0) is 68.2 Å². The molecule has 1 unspecified atom stereocenters. The fourth-order valence-corrected chi connectivity index (χ4v) is 5.00. The van der Waals surface area contributed by atoms with E-state index in [1.165, 1.54) is 5.56 Å². The van der Waals surface area contributed by atoms with E-state index in [-0.39, 0.29) is 24.3 Å². The first-order chi connectivity index (χ1) is 17.0. The van der Waals surface area contributed by atoms with E-state index in [0.717, 1.165) is 54.7 Å². The Kier molecular flexibility index (Phi) is 8.12. The first-order valence-electron chi connectivity index (χ1n) is 12.5. The number of carbonyl (C=O) groups is 1. The van der Waals surface area contributed by atoms with Crippen LogP contribution in [0.5, 0.6) is 0 Å². The second kappa shape index (κ2) is 11.4. The Balaban J connectivity index is 1.94. The van der Waals surface area contributed by atoms with E-state index < -0.39 is 0 Å². The molecular formula is C29H34N4O2. The molecule has 1 fully saturated rings. The van der Waals surface area contributed by atoms with Gasteiger partial charge < -0.3 is 15.7 Å². The zero-order valence-corrected chi connectivity index (χ0v) is 20.4. The van der Waals surface area contributed by atoms with E-state index in [1.807, 2.05) is 12.1 Å². The van der Waals surface area contributed by atoms with Crippen LogP contribution in [-0.4, -0.2) is 47.4 Å². The molecule has 35 heavy (non-hydrogen) atoms. The SMILES string of the molecule is Cc1ccc(/C2=C(\c3ccc(C#N)cc3)N=C(N3CCC(N)CC3)C(=O)CCC2CCCO)cc1. The molecule has 0 amide bonds. The largest absolute Gasteiger partial charge is 0.396 e. The molecule has 1 saturated heterocycles. The van der Waals surface area contributed by atoms with Crippen molar-refractivity contribution in [2.24, 2.45) is 16.6 Å². The summed E-state index contributed by atoms with van der Waals surface area (Å²) in [7, 11) is 0. The van der Waals surface area contributed by atoms with E-state index in [0.29, 0.717) is 30.7 Å². The molecule has 6 heteroatoms. The summed E-state index contributed by atoms with van der Waals surface area (Å²) in [6.07, 6.45) is 4.24. The third-order valence-electron chi connectivity index (χ3n) is 7.05. The summed E-state index contributed by atoms with van der Waals surface area (Å²) in [5.74, 6) is 0.657. The van der Waals surface area contributed by atoms with E-state index in [4.69, 9.17) is 10.7 Å². The number of allylic oxidation sites excluding steroid dienone is 1. The zero-order chi connectivity index (χ0) is 24.8. The second-order valence-electron chi connectivity index (χ2n) is 9.60. The Morgan fingerprint density at radius 2 is 1.71 bits per heavy atom. The number of nitrogens with zero attached hydrogens (tertiary/aromatic N) is 3. The first kappa shape index (κ1) is 24.8. The molecule has 0 bridgehead atoms. The van der Waals surface area contributed by atoms with Crippen molar-refractivity contribution in [3.63, 3.8) is 0 Å². The number of nitriles is 1. The summed E-state index contributed by atoms with van der Waals surface area (Å²) in [5, 5.41) is 18.9. The van der Waals surface area contributed by atoms with Gasteiger partial charge in [-0.1, -0.05) is 42.0 Å². The molecule has 4 rings (SSSR count). The van der Waals surface area contributed by atoms with Crippen molar-refractivity contribution in [3.05, 3.63) is 70.8 Å². The van der Waals surface area contributed by atoms with Gasteiger partial charge in [-0.2, -0.15) is 5.26 Å². The fourth-order valence-electron chi connectivity index (χ4n) is 5.00. The monoisotopic (exact) mass is 470 g/mol. The number of aliphatic hydroxyl groups excluding tert-OH is 1. The van der Waals surface area contributed by atoms with Crippen LogP contribution in [0.2, 0.25) is 0 Å². The van der Waals surface area contributed by atoms with Gasteiger partial charge in [0.2, 0.25) is 0 Å². The first-order valence-corrected chi connectivity index (χ1v) is 12.5. The molecule has 2 heterocycles. The third kappa shape index (κ3) is 5.87. The highest BCUT2D eigenvalue weighted by molar-refractivity contribution is 6.40. The van der Waals surface area contributed by atoms with Crippen molar-refractivity contribution >= 4 is 22.9 Å². The van der Waals surface area contributed by atoms with Gasteiger partial charge in [-0.3, -0.25) is 4.79 Å². The van der Waals surface area contributed by atoms with Gasteiger partial charge in [0.25, 0.3) is 0 Å². The summed E-state index contributed by atoms with van der Waals surface area (Å²) in [6.45, 7) is 3.62. The number of nitrogens with two attached hydrogens (primary N) is 1. The number of hydrogen-bond donors (Lipinski definition) is 2. The van der Waals surface area contributed by atoms with E-state index in [2.05, 4.69) is 42.2 Å². The fraction of sp³-hybridized carbons (Fsp3) is 0.414. The standard InChI is InChI=1S/C29H34N4O2/c1-20-4-8-23(9-5-20)27-22(3-2-18-34)12-13-26(35)29(33-16-14-25(31)15-17-33)32-28(27)24-10-6-21(19-30)7-11-24/h4-11,22,25,34H,2-3,12-18,31H2,1H3/b28-27+,32-29?. The second-order valence-corrected chi connectivity index (χ2v) is 9.60. The summed E-state index contributed by atoms with van der Waals surface area (Å²) in [4.78, 5) is 20.6. The van der Waals surface area contributed by atoms with Crippen LogP contribution in [0.25, 0.3) is 11.3 Å². The van der Waals surface area contributed by atoms with Crippen LogP contribution in [0.4, 0.5) is 0 Å². The maximum atomic E-state index is 13.4. The van der Waals surface area contributed by atoms with Crippen molar-refractivity contribution in [2.45, 2.75) is 51.5 Å². The highest BCUT2D eigenvalue weighted by Gasteiger charge is 2.30. The van der Waals surface area contributed by atoms with Gasteiger partial charge in [-0.25, -0.2) is 4.99 Å². The molecule has 2 aromatic carbocycles. The van der Waals surface area contributed by atoms with Crippen LogP contribution in [0, 0.1) is 24.2 Å². The predicted molar refractivity (Wildman–Crippen MR) is 139 cm³/mol. The van der Waals surface area contributed by atoms with Crippen LogP contribution in [-0.2, 0) is 4.79 Å². The Morgan fingerprint density at radius 1 is 1.06 bits per heavy atom. The molecule has 182 valence electrons. The Bertz CT molecular complexity index is 1130. The molecule has 3 N–H and O–H groups in total. The minimum Gasteiger partial charge on any atom is -0.396 e. The Morgan fingerprint density at radius 3 is 2.34 bits per heavy atom. The van der Waals surface area contributed by atoms with E-state index >= 15 is 0 Å². The van der Waals surface area contributed by atoms with Gasteiger partial charge in [0.1, 0.15) is 0 Å². The summed E-state index contributed by atoms with van der Waals surface area (Å²) >= 11 is 0. The average Bonchev–Trinajstić information content (AvgIpc) is 2.88. The van der Waals surface area contributed by atoms with Gasteiger partial charge in [0, 0.05) is 37.7 Å². The smallest absolute Gasteiger partial charge is 0.197 e. The lowest BCUT2D eigenvalue weighted by Gasteiger charge is -2.34. The number of piperidine rings is 1. The van der Waals surface area contributed by atoms with Crippen LogP contribution < -0.4 is 5.73 Å². The van der Waals surface area contributed by atoms with E-state index in [1.54, 1.807) is 12.1 Å². The van der Waals surface area contributed by atoms with Crippen molar-refractivity contribution in [1.29, 1.82) is 5.26 Å². The lowest BCUT2D eigenvalue weighted by atomic mass is 9.81. The van der Waals surface area contributed by atoms with Crippen LogP contribution >= 0.6 is 0 Å². The maximum absolute atomic E-state index is 13.4. The molecule has 1 atom stereocenters. The number of aliphatic imine (C=N–C) groups is 1. The lowest BCUT2D eigenvalue weighted by molar-refractivity contribution is -0.114. The van der Waals surface area contributed by atoms with Crippen molar-refractivity contribution in [2.75, 3.05) is 19.7 Å². The molecule has 0 aromatic heterocycles. The number of carbonyl (C=O) groups excluding carboxylic acids is 1. The topological polar surface area (TPSA) is 103 Å². The van der Waals surface area contributed by atoms with Gasteiger partial charge in [0.15, 0.2) is 11.6 Å². The maximum Gasteiger partial charge on any atom is 0.197 e. The minimum absolute atomic E-state index is 0.0589. The number of amidine groups is 1. The highest BCUT2D eigenvalue weighted by atomic mass is 16.2. The lowest BCUT2D eigenvalue weighted by Crippen LogP contribution is -2.46. The quantitative estimate of drug-likeness (QED) is 0.678. The average molecular weight is 471 g/mol. The van der Waals surface area contributed by atoms with E-state index in [9.17, 15) is 15.2 Å². The molecule has 0 aliphatic carbocycles. The Hall–Kier alpha value is -3.27. The number of aryl methyl sites for hydroxylation is 1. The van der Waals surface area contributed by atoms with Gasteiger partial charge >= 0.3 is 0 Å². The molecule has 2 aromatic rings.